The second kappa shape index (κ2) is 9.00. The zero-order valence-electron chi connectivity index (χ0n) is 15.6. The van der Waals surface area contributed by atoms with Crippen molar-refractivity contribution in [3.63, 3.8) is 0 Å². The Morgan fingerprint density at radius 1 is 1.04 bits per heavy atom. The number of aliphatic hydroxyl groups excluding tert-OH is 2. The summed E-state index contributed by atoms with van der Waals surface area (Å²) >= 11 is 0. The smallest absolute Gasteiger partial charge is 0.0818 e. The van der Waals surface area contributed by atoms with Gasteiger partial charge in [-0.05, 0) is 61.5 Å². The fraction of sp³-hybridized carbons (Fsp3) is 0.652. The summed E-state index contributed by atoms with van der Waals surface area (Å²) in [5.74, 6) is 1.21. The minimum Gasteiger partial charge on any atom is -0.392 e. The molecule has 0 spiro atoms. The summed E-state index contributed by atoms with van der Waals surface area (Å²) in [6, 6.07) is 8.48. The van der Waals surface area contributed by atoms with Crippen molar-refractivity contribution in [2.45, 2.75) is 82.8 Å². The highest BCUT2D eigenvalue weighted by atomic mass is 16.3. The van der Waals surface area contributed by atoms with E-state index in [0.29, 0.717) is 11.8 Å². The predicted molar refractivity (Wildman–Crippen MR) is 103 cm³/mol. The van der Waals surface area contributed by atoms with Crippen LogP contribution in [0.1, 0.15) is 87.9 Å². The van der Waals surface area contributed by atoms with Crippen molar-refractivity contribution in [1.82, 2.24) is 0 Å². The molecule has 0 bridgehead atoms. The average Bonchev–Trinajstić information content (AvgIpc) is 3.28. The zero-order chi connectivity index (χ0) is 17.6. The first-order valence-corrected chi connectivity index (χ1v) is 10.3. The Bertz CT molecular complexity index is 542. The summed E-state index contributed by atoms with van der Waals surface area (Å²) in [7, 11) is 0. The van der Waals surface area contributed by atoms with Gasteiger partial charge in [-0.2, -0.15) is 0 Å². The van der Waals surface area contributed by atoms with Gasteiger partial charge < -0.3 is 10.2 Å². The van der Waals surface area contributed by atoms with Gasteiger partial charge in [0.05, 0.1) is 12.2 Å². The lowest BCUT2D eigenvalue weighted by atomic mass is 9.84. The molecular formula is C23H34O2. The van der Waals surface area contributed by atoms with Gasteiger partial charge in [-0.25, -0.2) is 0 Å². The third kappa shape index (κ3) is 4.54. The van der Waals surface area contributed by atoms with Gasteiger partial charge in [-0.3, -0.25) is 0 Å². The second-order valence-corrected chi connectivity index (χ2v) is 8.08. The van der Waals surface area contributed by atoms with Gasteiger partial charge in [0.2, 0.25) is 0 Å². The van der Waals surface area contributed by atoms with Crippen LogP contribution in [-0.4, -0.2) is 16.3 Å². The van der Waals surface area contributed by atoms with Gasteiger partial charge in [-0.1, -0.05) is 62.6 Å². The van der Waals surface area contributed by atoms with Gasteiger partial charge in [0.25, 0.3) is 0 Å². The summed E-state index contributed by atoms with van der Waals surface area (Å²) in [4.78, 5) is 0. The van der Waals surface area contributed by atoms with E-state index in [4.69, 9.17) is 0 Å². The van der Waals surface area contributed by atoms with Gasteiger partial charge in [-0.15, -0.1) is 0 Å². The van der Waals surface area contributed by atoms with Gasteiger partial charge in [0, 0.05) is 5.92 Å². The van der Waals surface area contributed by atoms with E-state index in [2.05, 4.69) is 43.3 Å². The molecule has 0 aromatic heterocycles. The lowest BCUT2D eigenvalue weighted by Gasteiger charge is -2.23. The van der Waals surface area contributed by atoms with E-state index in [1.54, 1.807) is 0 Å². The number of benzene rings is 1. The lowest BCUT2D eigenvalue weighted by molar-refractivity contribution is 0.111. The van der Waals surface area contributed by atoms with E-state index in [1.165, 1.54) is 24.8 Å². The molecule has 138 valence electrons. The molecule has 2 saturated carbocycles. The molecule has 0 aliphatic heterocycles. The minimum atomic E-state index is -0.321. The topological polar surface area (TPSA) is 40.5 Å². The molecule has 2 aliphatic carbocycles. The van der Waals surface area contributed by atoms with Crippen molar-refractivity contribution in [3.8, 4) is 0 Å². The van der Waals surface area contributed by atoms with Crippen LogP contribution in [0.2, 0.25) is 0 Å². The molecule has 2 fully saturated rings. The molecule has 1 aromatic rings. The SMILES string of the molecule is CCCC=CC[C@H]1CC[C@@H](O)[C@@H]1c1ccc(C(O)C2CCCC2)cc1. The van der Waals surface area contributed by atoms with Crippen molar-refractivity contribution in [3.05, 3.63) is 47.5 Å². The van der Waals surface area contributed by atoms with Gasteiger partial charge in [0.1, 0.15) is 0 Å². The number of rotatable bonds is 7. The van der Waals surface area contributed by atoms with E-state index < -0.39 is 0 Å². The predicted octanol–water partition coefficient (Wildman–Crippen LogP) is 5.51. The Morgan fingerprint density at radius 2 is 1.76 bits per heavy atom. The maximum Gasteiger partial charge on any atom is 0.0818 e. The zero-order valence-corrected chi connectivity index (χ0v) is 15.6. The lowest BCUT2D eigenvalue weighted by Crippen LogP contribution is -2.17. The maximum absolute atomic E-state index is 10.6. The number of hydrogen-bond acceptors (Lipinski definition) is 2. The summed E-state index contributed by atoms with van der Waals surface area (Å²) in [5.41, 5.74) is 2.28. The van der Waals surface area contributed by atoms with Crippen molar-refractivity contribution < 1.29 is 10.2 Å². The first kappa shape index (κ1) is 18.7. The molecular weight excluding hydrogens is 308 g/mol. The Morgan fingerprint density at radius 3 is 2.44 bits per heavy atom. The summed E-state index contributed by atoms with van der Waals surface area (Å²) in [5, 5.41) is 21.1. The molecule has 1 unspecified atom stereocenters. The maximum atomic E-state index is 10.6. The number of hydrogen-bond donors (Lipinski definition) is 2. The highest BCUT2D eigenvalue weighted by Crippen LogP contribution is 2.43. The highest BCUT2D eigenvalue weighted by molar-refractivity contribution is 5.29. The second-order valence-electron chi connectivity index (χ2n) is 8.08. The molecule has 4 atom stereocenters. The summed E-state index contributed by atoms with van der Waals surface area (Å²) in [6.07, 6.45) is 14.3. The molecule has 2 aliphatic rings. The molecule has 2 N–H and O–H groups in total. The van der Waals surface area contributed by atoms with Crippen LogP contribution in [0.25, 0.3) is 0 Å². The Hall–Kier alpha value is -1.12. The van der Waals surface area contributed by atoms with E-state index >= 15 is 0 Å². The highest BCUT2D eigenvalue weighted by Gasteiger charge is 2.35. The van der Waals surface area contributed by atoms with E-state index in [1.807, 2.05) is 0 Å². The minimum absolute atomic E-state index is 0.227. The van der Waals surface area contributed by atoms with Crippen molar-refractivity contribution in [1.29, 1.82) is 0 Å². The van der Waals surface area contributed by atoms with E-state index in [0.717, 1.165) is 44.1 Å². The van der Waals surface area contributed by atoms with Gasteiger partial charge >= 0.3 is 0 Å². The third-order valence-corrected chi connectivity index (χ3v) is 6.33. The van der Waals surface area contributed by atoms with Crippen LogP contribution >= 0.6 is 0 Å². The molecule has 1 aromatic carbocycles. The molecule has 2 heteroatoms. The summed E-state index contributed by atoms with van der Waals surface area (Å²) < 4.78 is 0. The molecule has 3 rings (SSSR count). The molecule has 0 heterocycles. The van der Waals surface area contributed by atoms with E-state index in [-0.39, 0.29) is 18.1 Å². The molecule has 2 nitrogen and oxygen atoms in total. The van der Waals surface area contributed by atoms with Crippen LogP contribution in [-0.2, 0) is 0 Å². The van der Waals surface area contributed by atoms with Crippen LogP contribution < -0.4 is 0 Å². The van der Waals surface area contributed by atoms with Crippen LogP contribution in [0, 0.1) is 11.8 Å². The molecule has 0 radical (unpaired) electrons. The molecule has 25 heavy (non-hydrogen) atoms. The number of unbranched alkanes of at least 4 members (excludes halogenated alkanes) is 1. The normalized spacial score (nSPS) is 28.8. The number of aliphatic hydroxyl groups is 2. The fourth-order valence-corrected chi connectivity index (χ4v) is 4.83. The summed E-state index contributed by atoms with van der Waals surface area (Å²) in [6.45, 7) is 2.20. The quantitative estimate of drug-likeness (QED) is 0.641. The van der Waals surface area contributed by atoms with E-state index in [9.17, 15) is 10.2 Å². The third-order valence-electron chi connectivity index (χ3n) is 6.33. The van der Waals surface area contributed by atoms with Crippen molar-refractivity contribution in [2.75, 3.05) is 0 Å². The fourth-order valence-electron chi connectivity index (χ4n) is 4.83. The van der Waals surface area contributed by atoms with Gasteiger partial charge in [0.15, 0.2) is 0 Å². The van der Waals surface area contributed by atoms with Crippen molar-refractivity contribution >= 4 is 0 Å². The first-order valence-electron chi connectivity index (χ1n) is 10.3. The van der Waals surface area contributed by atoms with Crippen LogP contribution in [0.5, 0.6) is 0 Å². The largest absolute Gasteiger partial charge is 0.392 e. The molecule has 0 amide bonds. The molecule has 0 saturated heterocycles. The first-order chi connectivity index (χ1) is 12.2. The van der Waals surface area contributed by atoms with Crippen molar-refractivity contribution in [2.24, 2.45) is 11.8 Å². The van der Waals surface area contributed by atoms with Crippen LogP contribution in [0.4, 0.5) is 0 Å². The van der Waals surface area contributed by atoms with Crippen LogP contribution in [0.3, 0.4) is 0 Å². The number of allylic oxidation sites excluding steroid dienone is 2. The van der Waals surface area contributed by atoms with Crippen LogP contribution in [0.15, 0.2) is 36.4 Å². The Labute approximate surface area is 153 Å². The monoisotopic (exact) mass is 342 g/mol. The average molecular weight is 343 g/mol. The Kier molecular flexibility index (Phi) is 6.72. The Balaban J connectivity index is 1.66. The standard InChI is InChI=1S/C23H34O2/c1-2-3-4-5-8-17-15-16-21(24)22(17)18-11-13-20(14-12-18)23(25)19-9-6-7-10-19/h4-5,11-14,17,19,21-25H,2-3,6-10,15-16H2,1H3/t17-,21+,22-,23?/m0/s1.